The zero-order valence-corrected chi connectivity index (χ0v) is 49.4. The third-order valence-corrected chi connectivity index (χ3v) is 5.46. The Hall–Kier alpha value is -5.27. The topological polar surface area (TPSA) is 77.6 Å². The lowest BCUT2D eigenvalue weighted by Crippen LogP contribution is -1.93. The number of nitrogens with zero attached hydrogens (tertiary/aromatic N) is 5. The quantitative estimate of drug-likeness (QED) is 0.151. The molecule has 7 heteroatoms. The standard InChI is InChI=1S/C9H7N.C7H5N3.C5H5N.C5H6.5C5H12.C4H4O.C4H4S.C4H10/c1-2-6-9-8(4-1)5-3-7-10-9;1-2-6-7(9-3-1)10-5-4-8-6;1-2-4-6-5-3-1;1-2-4-5-3-1;5*1-5(2,3)4;2*1-2-4-5-3-1;1-4(2)3/h1-7H;1-5H;1-5H;1-4H,5H2;5*1-4H3;2*1-4H;4H,1-3H3. The summed E-state index contributed by atoms with van der Waals surface area (Å²) in [6.45, 7) is 50.2. The van der Waals surface area contributed by atoms with Gasteiger partial charge >= 0.3 is 0 Å². The summed E-state index contributed by atoms with van der Waals surface area (Å²) in [5.74, 6) is 0.833. The molecule has 0 aliphatic heterocycles. The Labute approximate surface area is 435 Å². The molecule has 6 nitrogen and oxygen atoms in total. The summed E-state index contributed by atoms with van der Waals surface area (Å²) in [4.78, 5) is 20.0. The van der Waals surface area contributed by atoms with Crippen molar-refractivity contribution in [2.24, 2.45) is 33.0 Å². The first kappa shape index (κ1) is 71.3. The maximum Gasteiger partial charge on any atom is 0.178 e. The average molecular weight is 977 g/mol. The molecule has 7 aromatic rings. The largest absolute Gasteiger partial charge is 0.473 e. The molecule has 6 aromatic heterocycles. The highest BCUT2D eigenvalue weighted by molar-refractivity contribution is 7.07. The van der Waals surface area contributed by atoms with E-state index >= 15 is 0 Å². The third kappa shape index (κ3) is 89.3. The molecule has 1 aliphatic carbocycles. The predicted octanol–water partition coefficient (Wildman–Crippen LogP) is 20.8. The summed E-state index contributed by atoms with van der Waals surface area (Å²) in [5, 5.41) is 5.28. The van der Waals surface area contributed by atoms with Crippen LogP contribution in [0.15, 0.2) is 180 Å². The third-order valence-electron chi connectivity index (χ3n) is 4.83. The number of allylic oxidation sites excluding steroid dienone is 4. The Morgan fingerprint density at radius 2 is 0.757 bits per heavy atom. The van der Waals surface area contributed by atoms with E-state index in [0.717, 1.165) is 23.4 Å². The summed E-state index contributed by atoms with van der Waals surface area (Å²) in [6, 6.07) is 29.2. The van der Waals surface area contributed by atoms with Crippen LogP contribution in [0.5, 0.6) is 0 Å². The average Bonchev–Trinajstić information content (AvgIpc) is 4.08. The van der Waals surface area contributed by atoms with Crippen molar-refractivity contribution < 1.29 is 4.42 Å². The Balaban J connectivity index is -0.000000345. The van der Waals surface area contributed by atoms with Crippen molar-refractivity contribution in [1.82, 2.24) is 24.9 Å². The van der Waals surface area contributed by atoms with Crippen molar-refractivity contribution in [2.75, 3.05) is 0 Å². The Bertz CT molecular complexity index is 1740. The molecule has 0 atom stereocenters. The number of hydrogen-bond donors (Lipinski definition) is 0. The Kier molecular flexibility index (Phi) is 43.4. The van der Waals surface area contributed by atoms with Crippen molar-refractivity contribution in [2.45, 2.75) is 166 Å². The van der Waals surface area contributed by atoms with Crippen LogP contribution >= 0.6 is 11.3 Å². The van der Waals surface area contributed by atoms with Crippen LogP contribution in [-0.4, -0.2) is 24.9 Å². The van der Waals surface area contributed by atoms with Crippen LogP contribution in [0.3, 0.4) is 0 Å². The van der Waals surface area contributed by atoms with Gasteiger partial charge in [-0.1, -0.05) is 226 Å². The van der Waals surface area contributed by atoms with Crippen LogP contribution in [0.1, 0.15) is 166 Å². The number of furan rings is 1. The fourth-order valence-corrected chi connectivity index (χ4v) is 3.44. The molecule has 0 radical (unpaired) electrons. The highest BCUT2D eigenvalue weighted by atomic mass is 32.1. The zero-order valence-electron chi connectivity index (χ0n) is 48.6. The molecule has 1 aromatic carbocycles. The Morgan fingerprint density at radius 1 is 0.400 bits per heavy atom. The van der Waals surface area contributed by atoms with Crippen LogP contribution in [-0.2, 0) is 0 Å². The minimum Gasteiger partial charge on any atom is -0.473 e. The van der Waals surface area contributed by atoms with Gasteiger partial charge in [-0.3, -0.25) is 15.0 Å². The Morgan fingerprint density at radius 3 is 1.07 bits per heavy atom. The summed E-state index contributed by atoms with van der Waals surface area (Å²) >= 11 is 1.71. The molecule has 0 unspecified atom stereocenters. The number of para-hydroxylation sites is 1. The number of benzene rings is 1. The van der Waals surface area contributed by atoms with Gasteiger partial charge in [-0.05, 0) is 98.7 Å². The van der Waals surface area contributed by atoms with E-state index in [1.165, 1.54) is 5.39 Å². The number of hydrogen-bond acceptors (Lipinski definition) is 7. The van der Waals surface area contributed by atoms with Gasteiger partial charge in [0.1, 0.15) is 5.52 Å². The maximum atomic E-state index is 4.58. The highest BCUT2D eigenvalue weighted by Gasteiger charge is 1.98. The van der Waals surface area contributed by atoms with Crippen LogP contribution in [0.4, 0.5) is 0 Å². The smallest absolute Gasteiger partial charge is 0.178 e. The van der Waals surface area contributed by atoms with E-state index in [1.807, 2.05) is 95.8 Å². The molecule has 0 bridgehead atoms. The fourth-order valence-electron chi connectivity index (χ4n) is 2.98. The molecule has 70 heavy (non-hydrogen) atoms. The van der Waals surface area contributed by atoms with Crippen LogP contribution in [0.2, 0.25) is 0 Å². The summed E-state index contributed by atoms with van der Waals surface area (Å²) in [6.07, 6.45) is 23.1. The first-order chi connectivity index (χ1) is 32.2. The van der Waals surface area contributed by atoms with E-state index in [-0.39, 0.29) is 0 Å². The van der Waals surface area contributed by atoms with Crippen molar-refractivity contribution in [3.05, 3.63) is 176 Å². The van der Waals surface area contributed by atoms with Gasteiger partial charge in [0.05, 0.1) is 18.0 Å². The fraction of sp³-hybridized carbons (Fsp3) is 0.476. The first-order valence-corrected chi connectivity index (χ1v) is 25.5. The maximum absolute atomic E-state index is 4.58. The molecule has 0 N–H and O–H groups in total. The van der Waals surface area contributed by atoms with E-state index in [2.05, 4.69) is 225 Å². The minimum absolute atomic E-state index is 0.500. The summed E-state index contributed by atoms with van der Waals surface area (Å²) in [5.41, 5.74) is 5.10. The number of aromatic nitrogens is 5. The lowest BCUT2D eigenvalue weighted by molar-refractivity contribution is 0.469. The van der Waals surface area contributed by atoms with Gasteiger partial charge < -0.3 is 4.42 Å². The van der Waals surface area contributed by atoms with Gasteiger partial charge in [-0.2, -0.15) is 11.3 Å². The van der Waals surface area contributed by atoms with Gasteiger partial charge in [0.2, 0.25) is 0 Å². The van der Waals surface area contributed by atoms with Crippen LogP contribution < -0.4 is 0 Å². The summed E-state index contributed by atoms with van der Waals surface area (Å²) in [7, 11) is 0. The number of thiophene rings is 1. The molecular weight excluding hydrogens is 875 g/mol. The van der Waals surface area contributed by atoms with Gasteiger partial charge in [-0.15, -0.1) is 0 Å². The van der Waals surface area contributed by atoms with E-state index in [4.69, 9.17) is 0 Å². The number of rotatable bonds is 0. The first-order valence-electron chi connectivity index (χ1n) is 24.6. The highest BCUT2D eigenvalue weighted by Crippen LogP contribution is 2.11. The van der Waals surface area contributed by atoms with Gasteiger partial charge in [0.25, 0.3) is 0 Å². The predicted molar refractivity (Wildman–Crippen MR) is 315 cm³/mol. The molecule has 6 heterocycles. The van der Waals surface area contributed by atoms with Gasteiger partial charge in [0.15, 0.2) is 5.65 Å². The molecule has 1 aliphatic rings. The SMILES string of the molecule is C1=CCC=C1.CC(C)(C)C.CC(C)(C)C.CC(C)(C)C.CC(C)(C)C.CC(C)(C)C.CC(C)C.c1ccc2ncccc2c1.c1ccncc1.c1ccoc1.c1ccsc1.c1cnc2nccnc2c1. The molecule has 0 spiro atoms. The summed E-state index contributed by atoms with van der Waals surface area (Å²) < 4.78 is 4.58. The second kappa shape index (κ2) is 42.6. The van der Waals surface area contributed by atoms with E-state index in [0.29, 0.717) is 32.7 Å². The van der Waals surface area contributed by atoms with E-state index < -0.39 is 0 Å². The lowest BCUT2D eigenvalue weighted by Gasteiger charge is -2.05. The van der Waals surface area contributed by atoms with Crippen LogP contribution in [0, 0.1) is 33.0 Å². The van der Waals surface area contributed by atoms with Crippen molar-refractivity contribution in [3.8, 4) is 0 Å². The molecule has 0 saturated carbocycles. The molecule has 8 rings (SSSR count). The number of pyridine rings is 3. The minimum atomic E-state index is 0.500. The zero-order chi connectivity index (χ0) is 54.5. The second-order valence-electron chi connectivity index (χ2n) is 24.5. The molecule has 0 fully saturated rings. The molecular formula is C63H101N5OS. The molecule has 0 saturated heterocycles. The molecule has 390 valence electrons. The van der Waals surface area contributed by atoms with E-state index in [1.54, 1.807) is 54.8 Å². The van der Waals surface area contributed by atoms with Crippen molar-refractivity contribution >= 4 is 33.4 Å². The van der Waals surface area contributed by atoms with Gasteiger partial charge in [0, 0.05) is 42.6 Å². The molecule has 0 amide bonds. The lowest BCUT2D eigenvalue weighted by atomic mass is 10.0. The van der Waals surface area contributed by atoms with Crippen molar-refractivity contribution in [3.63, 3.8) is 0 Å². The normalized spacial score (nSPS) is 10.7. The van der Waals surface area contributed by atoms with Crippen molar-refractivity contribution in [1.29, 1.82) is 0 Å². The van der Waals surface area contributed by atoms with E-state index in [9.17, 15) is 0 Å². The monoisotopic (exact) mass is 976 g/mol. The van der Waals surface area contributed by atoms with Gasteiger partial charge in [-0.25, -0.2) is 9.97 Å². The number of fused-ring (bicyclic) bond motifs is 2. The van der Waals surface area contributed by atoms with Crippen LogP contribution in [0.25, 0.3) is 22.1 Å². The second-order valence-corrected chi connectivity index (χ2v) is 25.3.